The van der Waals surface area contributed by atoms with E-state index in [1.807, 2.05) is 0 Å². The Morgan fingerprint density at radius 3 is 0.772 bits per heavy atom. The maximum absolute atomic E-state index is 12.8. The van der Waals surface area contributed by atoms with Crippen molar-refractivity contribution in [3.63, 3.8) is 0 Å². The second kappa shape index (κ2) is 66.8. The van der Waals surface area contributed by atoms with E-state index in [1.54, 1.807) is 0 Å². The van der Waals surface area contributed by atoms with E-state index >= 15 is 0 Å². The molecule has 0 aromatic heterocycles. The third kappa shape index (κ3) is 65.0. The van der Waals surface area contributed by atoms with Crippen LogP contribution in [0.4, 0.5) is 0 Å². The summed E-state index contributed by atoms with van der Waals surface area (Å²) in [5.41, 5.74) is 0. The summed E-state index contributed by atoms with van der Waals surface area (Å²) >= 11 is 0. The van der Waals surface area contributed by atoms with E-state index < -0.39 is 6.10 Å². The van der Waals surface area contributed by atoms with E-state index in [-0.39, 0.29) is 31.1 Å². The zero-order valence-corrected chi connectivity index (χ0v) is 52.1. The molecular weight excluding hydrogens is 973 g/mol. The van der Waals surface area contributed by atoms with E-state index in [0.29, 0.717) is 19.3 Å². The molecule has 0 aliphatic rings. The van der Waals surface area contributed by atoms with Crippen LogP contribution in [0.1, 0.15) is 329 Å². The Morgan fingerprint density at radius 1 is 0.266 bits per heavy atom. The van der Waals surface area contributed by atoms with Crippen LogP contribution < -0.4 is 0 Å². The van der Waals surface area contributed by atoms with E-state index in [2.05, 4.69) is 118 Å². The van der Waals surface area contributed by atoms with E-state index in [4.69, 9.17) is 14.2 Å². The van der Waals surface area contributed by atoms with Crippen molar-refractivity contribution in [2.45, 2.75) is 335 Å². The quantitative estimate of drug-likeness (QED) is 0.0261. The van der Waals surface area contributed by atoms with Crippen LogP contribution in [0.15, 0.2) is 97.2 Å². The predicted molar refractivity (Wildman–Crippen MR) is 344 cm³/mol. The molecule has 0 fully saturated rings. The van der Waals surface area contributed by atoms with Crippen LogP contribution in [-0.2, 0) is 28.6 Å². The lowest BCUT2D eigenvalue weighted by Crippen LogP contribution is -2.30. The van der Waals surface area contributed by atoms with Crippen molar-refractivity contribution in [3.8, 4) is 0 Å². The summed E-state index contributed by atoms with van der Waals surface area (Å²) in [5, 5.41) is 0. The van der Waals surface area contributed by atoms with E-state index in [0.717, 1.165) is 109 Å². The Balaban J connectivity index is 4.04. The summed E-state index contributed by atoms with van der Waals surface area (Å²) < 4.78 is 16.8. The van der Waals surface area contributed by atoms with Crippen molar-refractivity contribution in [3.05, 3.63) is 97.2 Å². The van der Waals surface area contributed by atoms with Gasteiger partial charge in [0, 0.05) is 19.3 Å². The van der Waals surface area contributed by atoms with Crippen molar-refractivity contribution in [2.24, 2.45) is 0 Å². The second-order valence-corrected chi connectivity index (χ2v) is 22.4. The minimum atomic E-state index is -0.774. The van der Waals surface area contributed by atoms with Crippen LogP contribution in [-0.4, -0.2) is 37.2 Å². The number of rotatable bonds is 61. The third-order valence-electron chi connectivity index (χ3n) is 14.6. The SMILES string of the molecule is CC/C=C\C/C=C\C/C=C\C/C=C\C/C=C\C/C=C\C/C=C\C/C=C\CCCCCCCCCCCCC(=O)OCC(COC(=O)CCCCCCCC)OC(=O)CCCCCCCCCCCCCCCCCCCCCC. The molecule has 6 nitrogen and oxygen atoms in total. The number of carbonyl (C=O) groups is 3. The molecule has 1 unspecified atom stereocenters. The van der Waals surface area contributed by atoms with Gasteiger partial charge in [-0.15, -0.1) is 0 Å². The highest BCUT2D eigenvalue weighted by Gasteiger charge is 2.19. The van der Waals surface area contributed by atoms with Gasteiger partial charge in [-0.2, -0.15) is 0 Å². The summed E-state index contributed by atoms with van der Waals surface area (Å²) in [4.78, 5) is 38.0. The van der Waals surface area contributed by atoms with Gasteiger partial charge in [-0.05, 0) is 83.5 Å². The average molecular weight is 1100 g/mol. The van der Waals surface area contributed by atoms with Crippen LogP contribution in [0.5, 0.6) is 0 Å². The van der Waals surface area contributed by atoms with Gasteiger partial charge >= 0.3 is 17.9 Å². The number of esters is 3. The monoisotopic (exact) mass is 1100 g/mol. The lowest BCUT2D eigenvalue weighted by atomic mass is 10.0. The summed E-state index contributed by atoms with van der Waals surface area (Å²) in [5.74, 6) is -0.874. The Kier molecular flexibility index (Phi) is 63.7. The Labute approximate surface area is 489 Å². The summed E-state index contributed by atoms with van der Waals surface area (Å²) in [6.45, 7) is 6.50. The zero-order chi connectivity index (χ0) is 57.1. The summed E-state index contributed by atoms with van der Waals surface area (Å²) in [6, 6.07) is 0. The molecule has 0 heterocycles. The normalized spacial score (nSPS) is 12.7. The van der Waals surface area contributed by atoms with Gasteiger partial charge in [0.1, 0.15) is 13.2 Å². The maximum atomic E-state index is 12.8. The minimum absolute atomic E-state index is 0.0743. The van der Waals surface area contributed by atoms with Gasteiger partial charge in [0.15, 0.2) is 6.10 Å². The fourth-order valence-corrected chi connectivity index (χ4v) is 9.58. The highest BCUT2D eigenvalue weighted by Crippen LogP contribution is 2.17. The van der Waals surface area contributed by atoms with Crippen LogP contribution in [0, 0.1) is 0 Å². The second-order valence-electron chi connectivity index (χ2n) is 22.4. The molecule has 0 aliphatic carbocycles. The lowest BCUT2D eigenvalue weighted by Gasteiger charge is -2.18. The van der Waals surface area contributed by atoms with Crippen LogP contribution in [0.2, 0.25) is 0 Å². The van der Waals surface area contributed by atoms with Crippen molar-refractivity contribution in [2.75, 3.05) is 13.2 Å². The Bertz CT molecular complexity index is 1540. The molecule has 0 spiro atoms. The molecule has 0 radical (unpaired) electrons. The molecular formula is C73H126O6. The number of allylic oxidation sites excluding steroid dienone is 16. The zero-order valence-electron chi connectivity index (χ0n) is 52.1. The summed E-state index contributed by atoms with van der Waals surface area (Å²) in [6.07, 6.45) is 90.3. The number of unbranched alkanes of at least 4 members (excludes halogenated alkanes) is 34. The molecule has 454 valence electrons. The molecule has 0 saturated heterocycles. The van der Waals surface area contributed by atoms with Crippen LogP contribution >= 0.6 is 0 Å². The topological polar surface area (TPSA) is 78.9 Å². The van der Waals surface area contributed by atoms with Gasteiger partial charge in [0.2, 0.25) is 0 Å². The van der Waals surface area contributed by atoms with Crippen molar-refractivity contribution in [1.82, 2.24) is 0 Å². The lowest BCUT2D eigenvalue weighted by molar-refractivity contribution is -0.167. The predicted octanol–water partition coefficient (Wildman–Crippen LogP) is 23.2. The third-order valence-corrected chi connectivity index (χ3v) is 14.6. The smallest absolute Gasteiger partial charge is 0.306 e. The van der Waals surface area contributed by atoms with Crippen molar-refractivity contribution in [1.29, 1.82) is 0 Å². The number of carbonyl (C=O) groups excluding carboxylic acids is 3. The first kappa shape index (κ1) is 75.3. The van der Waals surface area contributed by atoms with Gasteiger partial charge in [-0.1, -0.05) is 323 Å². The molecule has 79 heavy (non-hydrogen) atoms. The highest BCUT2D eigenvalue weighted by atomic mass is 16.6. The molecule has 0 bridgehead atoms. The van der Waals surface area contributed by atoms with E-state index in [9.17, 15) is 14.4 Å². The molecule has 0 rings (SSSR count). The van der Waals surface area contributed by atoms with Gasteiger partial charge < -0.3 is 14.2 Å². The van der Waals surface area contributed by atoms with Gasteiger partial charge in [0.05, 0.1) is 0 Å². The van der Waals surface area contributed by atoms with Gasteiger partial charge in [0.25, 0.3) is 0 Å². The highest BCUT2D eigenvalue weighted by molar-refractivity contribution is 5.71. The van der Waals surface area contributed by atoms with Crippen molar-refractivity contribution >= 4 is 17.9 Å². The standard InChI is InChI=1S/C73H126O6/c1-4-7-10-13-16-18-20-22-24-26-28-30-31-32-33-34-35-36-37-38-39-40-41-42-43-44-46-47-49-51-53-55-57-60-63-66-72(75)78-69-70(68-77-71(74)65-62-59-15-12-9-6-3)79-73(76)67-64-61-58-56-54-52-50-48-45-29-27-25-23-21-19-17-14-11-8-5-2/h7,10,16,18,22,24,28,30,32-33,35-36,38-39,41-42,70H,4-6,8-9,11-15,17,19-21,23,25-27,29,31,34,37,40,43-69H2,1-3H3/b10-7-,18-16-,24-22-,30-28-,33-32-,36-35-,39-38-,42-41-. The number of hydrogen-bond donors (Lipinski definition) is 0. The summed E-state index contributed by atoms with van der Waals surface area (Å²) in [7, 11) is 0. The first-order valence-electron chi connectivity index (χ1n) is 33.7. The van der Waals surface area contributed by atoms with E-state index in [1.165, 1.54) is 180 Å². The molecule has 1 atom stereocenters. The molecule has 6 heteroatoms. The molecule has 0 aliphatic heterocycles. The maximum Gasteiger partial charge on any atom is 0.306 e. The Hall–Kier alpha value is -3.67. The first-order chi connectivity index (χ1) is 39.0. The fraction of sp³-hybridized carbons (Fsp3) is 0.740. The van der Waals surface area contributed by atoms with Crippen LogP contribution in [0.3, 0.4) is 0 Å². The minimum Gasteiger partial charge on any atom is -0.462 e. The number of ether oxygens (including phenoxy) is 3. The fourth-order valence-electron chi connectivity index (χ4n) is 9.58. The largest absolute Gasteiger partial charge is 0.462 e. The average Bonchev–Trinajstić information content (AvgIpc) is 3.45. The van der Waals surface area contributed by atoms with Crippen LogP contribution in [0.25, 0.3) is 0 Å². The Morgan fingerprint density at radius 2 is 0.494 bits per heavy atom. The molecule has 0 N–H and O–H groups in total. The van der Waals surface area contributed by atoms with Gasteiger partial charge in [-0.3, -0.25) is 14.4 Å². The first-order valence-corrected chi connectivity index (χ1v) is 33.7. The van der Waals surface area contributed by atoms with Gasteiger partial charge in [-0.25, -0.2) is 0 Å². The van der Waals surface area contributed by atoms with Crippen molar-refractivity contribution < 1.29 is 28.6 Å². The molecule has 0 aromatic rings. The number of hydrogen-bond acceptors (Lipinski definition) is 6. The molecule has 0 amide bonds. The molecule has 0 saturated carbocycles. The molecule has 0 aromatic carbocycles.